The first-order valence-corrected chi connectivity index (χ1v) is 5.46. The quantitative estimate of drug-likeness (QED) is 0.786. The molecule has 2 rings (SSSR count). The van der Waals surface area contributed by atoms with Crippen LogP contribution in [-0.4, -0.2) is 34.2 Å². The molecule has 0 aliphatic carbocycles. The first-order valence-electron chi connectivity index (χ1n) is 5.46. The van der Waals surface area contributed by atoms with Gasteiger partial charge in [-0.1, -0.05) is 0 Å². The zero-order chi connectivity index (χ0) is 10.8. The van der Waals surface area contributed by atoms with Crippen molar-refractivity contribution in [2.24, 2.45) is 0 Å². The van der Waals surface area contributed by atoms with Gasteiger partial charge in [0.1, 0.15) is 0 Å². The van der Waals surface area contributed by atoms with Gasteiger partial charge in [-0.2, -0.15) is 5.10 Å². The Morgan fingerprint density at radius 2 is 2.33 bits per heavy atom. The van der Waals surface area contributed by atoms with E-state index in [1.165, 1.54) is 0 Å². The molecule has 0 bridgehead atoms. The van der Waals surface area contributed by atoms with Gasteiger partial charge in [0.15, 0.2) is 0 Å². The summed E-state index contributed by atoms with van der Waals surface area (Å²) in [4.78, 5) is 13.3. The molecule has 1 aromatic rings. The molecule has 0 radical (unpaired) electrons. The maximum absolute atomic E-state index is 10.9. The molecule has 82 valence electrons. The lowest BCUT2D eigenvalue weighted by molar-refractivity contribution is 0.272. The van der Waals surface area contributed by atoms with Gasteiger partial charge in [-0.05, 0) is 32.9 Å². The lowest BCUT2D eigenvalue weighted by Crippen LogP contribution is -2.28. The molecule has 0 aromatic carbocycles. The van der Waals surface area contributed by atoms with Crippen LogP contribution in [0.2, 0.25) is 0 Å². The van der Waals surface area contributed by atoms with Crippen LogP contribution in [0, 0.1) is 0 Å². The zero-order valence-electron chi connectivity index (χ0n) is 9.23. The Kier molecular flexibility index (Phi) is 2.86. The van der Waals surface area contributed by atoms with Crippen LogP contribution in [0.4, 0.5) is 0 Å². The van der Waals surface area contributed by atoms with E-state index in [9.17, 15) is 4.79 Å². The molecular formula is C11H17N3O. The summed E-state index contributed by atoms with van der Waals surface area (Å²) >= 11 is 0. The van der Waals surface area contributed by atoms with Crippen molar-refractivity contribution in [1.29, 1.82) is 0 Å². The predicted molar refractivity (Wildman–Crippen MR) is 58.9 cm³/mol. The van der Waals surface area contributed by atoms with Crippen molar-refractivity contribution in [3.05, 3.63) is 28.2 Å². The number of rotatable bonds is 2. The van der Waals surface area contributed by atoms with Crippen LogP contribution in [0.1, 0.15) is 31.9 Å². The maximum Gasteiger partial charge on any atom is 0.264 e. The van der Waals surface area contributed by atoms with E-state index >= 15 is 0 Å². The van der Waals surface area contributed by atoms with E-state index in [4.69, 9.17) is 0 Å². The Morgan fingerprint density at radius 3 is 2.87 bits per heavy atom. The summed E-state index contributed by atoms with van der Waals surface area (Å²) in [5, 5.41) is 6.59. The Hall–Kier alpha value is -1.16. The van der Waals surface area contributed by atoms with E-state index in [0.717, 1.165) is 25.2 Å². The number of likely N-dealkylation sites (tertiary alicyclic amines) is 1. The van der Waals surface area contributed by atoms with Crippen molar-refractivity contribution in [2.45, 2.75) is 32.2 Å². The van der Waals surface area contributed by atoms with Crippen molar-refractivity contribution in [3.8, 4) is 0 Å². The third-order valence-electron chi connectivity index (χ3n) is 3.07. The van der Waals surface area contributed by atoms with Crippen LogP contribution in [0.15, 0.2) is 16.9 Å². The minimum atomic E-state index is -0.127. The summed E-state index contributed by atoms with van der Waals surface area (Å²) in [5.74, 6) is 0.476. The van der Waals surface area contributed by atoms with Crippen molar-refractivity contribution >= 4 is 0 Å². The molecule has 1 saturated heterocycles. The highest BCUT2D eigenvalue weighted by atomic mass is 16.1. The van der Waals surface area contributed by atoms with Crippen LogP contribution in [-0.2, 0) is 0 Å². The topological polar surface area (TPSA) is 49.0 Å². The van der Waals surface area contributed by atoms with E-state index in [-0.39, 0.29) is 5.56 Å². The molecule has 1 unspecified atom stereocenters. The molecule has 1 aliphatic rings. The molecule has 1 fully saturated rings. The molecule has 0 saturated carbocycles. The van der Waals surface area contributed by atoms with Crippen LogP contribution in [0.25, 0.3) is 0 Å². The van der Waals surface area contributed by atoms with E-state index in [0.29, 0.717) is 12.0 Å². The third kappa shape index (κ3) is 2.26. The first kappa shape index (κ1) is 10.4. The minimum Gasteiger partial charge on any atom is -0.300 e. The Bertz CT molecular complexity index is 365. The van der Waals surface area contributed by atoms with Gasteiger partial charge in [-0.15, -0.1) is 0 Å². The molecule has 1 aromatic heterocycles. The average Bonchev–Trinajstić information content (AvgIpc) is 2.68. The fourth-order valence-electron chi connectivity index (χ4n) is 2.08. The van der Waals surface area contributed by atoms with E-state index in [2.05, 4.69) is 28.9 Å². The van der Waals surface area contributed by atoms with Gasteiger partial charge in [0.2, 0.25) is 0 Å². The molecule has 0 amide bonds. The Morgan fingerprint density at radius 1 is 1.53 bits per heavy atom. The van der Waals surface area contributed by atoms with Crippen LogP contribution in [0.3, 0.4) is 0 Å². The number of H-pyrrole nitrogens is 1. The Balaban J connectivity index is 2.07. The number of nitrogens with zero attached hydrogens (tertiary/aromatic N) is 2. The molecular weight excluding hydrogens is 190 g/mol. The normalized spacial score (nSPS) is 22.5. The second kappa shape index (κ2) is 4.14. The van der Waals surface area contributed by atoms with Gasteiger partial charge >= 0.3 is 0 Å². The minimum absolute atomic E-state index is 0.127. The standard InChI is InChI=1S/C11H17N3O/c1-8(2)14-6-5-9(7-14)10-3-4-11(15)13-12-10/h3-4,8-9H,5-7H2,1-2H3,(H,13,15). The molecule has 15 heavy (non-hydrogen) atoms. The van der Waals surface area contributed by atoms with Crippen LogP contribution >= 0.6 is 0 Å². The molecule has 1 aliphatic heterocycles. The largest absolute Gasteiger partial charge is 0.300 e. The summed E-state index contributed by atoms with van der Waals surface area (Å²) < 4.78 is 0. The van der Waals surface area contributed by atoms with Crippen LogP contribution in [0.5, 0.6) is 0 Å². The fraction of sp³-hybridized carbons (Fsp3) is 0.636. The van der Waals surface area contributed by atoms with Crippen molar-refractivity contribution in [2.75, 3.05) is 13.1 Å². The van der Waals surface area contributed by atoms with E-state index in [1.807, 2.05) is 6.07 Å². The highest BCUT2D eigenvalue weighted by Gasteiger charge is 2.26. The smallest absolute Gasteiger partial charge is 0.264 e. The lowest BCUT2D eigenvalue weighted by Gasteiger charge is -2.19. The van der Waals surface area contributed by atoms with Crippen molar-refractivity contribution < 1.29 is 0 Å². The molecule has 4 nitrogen and oxygen atoms in total. The number of aromatic nitrogens is 2. The number of aromatic amines is 1. The third-order valence-corrected chi connectivity index (χ3v) is 3.07. The Labute approximate surface area is 89.3 Å². The molecule has 0 spiro atoms. The van der Waals surface area contributed by atoms with Gasteiger partial charge in [0.05, 0.1) is 5.69 Å². The van der Waals surface area contributed by atoms with E-state index < -0.39 is 0 Å². The number of hydrogen-bond donors (Lipinski definition) is 1. The summed E-state index contributed by atoms with van der Waals surface area (Å²) in [5.41, 5.74) is 0.884. The molecule has 1 atom stereocenters. The van der Waals surface area contributed by atoms with Gasteiger partial charge in [-0.25, -0.2) is 5.10 Å². The van der Waals surface area contributed by atoms with Gasteiger partial charge in [0.25, 0.3) is 5.56 Å². The predicted octanol–water partition coefficient (Wildman–Crippen LogP) is 0.968. The monoisotopic (exact) mass is 207 g/mol. The second-order valence-electron chi connectivity index (χ2n) is 4.42. The zero-order valence-corrected chi connectivity index (χ0v) is 9.23. The SMILES string of the molecule is CC(C)N1CCC(c2ccc(=O)[nH]n2)C1. The van der Waals surface area contributed by atoms with Crippen LogP contribution < -0.4 is 5.56 Å². The second-order valence-corrected chi connectivity index (χ2v) is 4.42. The average molecular weight is 207 g/mol. The lowest BCUT2D eigenvalue weighted by atomic mass is 10.1. The maximum atomic E-state index is 10.9. The number of hydrogen-bond acceptors (Lipinski definition) is 3. The number of nitrogens with one attached hydrogen (secondary N) is 1. The summed E-state index contributed by atoms with van der Waals surface area (Å²) in [6.07, 6.45) is 1.14. The van der Waals surface area contributed by atoms with Gasteiger partial charge in [-0.3, -0.25) is 4.79 Å². The fourth-order valence-corrected chi connectivity index (χ4v) is 2.08. The first-order chi connectivity index (χ1) is 7.16. The highest BCUT2D eigenvalue weighted by molar-refractivity contribution is 5.09. The highest BCUT2D eigenvalue weighted by Crippen LogP contribution is 2.25. The molecule has 2 heterocycles. The van der Waals surface area contributed by atoms with E-state index in [1.54, 1.807) is 6.07 Å². The van der Waals surface area contributed by atoms with Crippen molar-refractivity contribution in [1.82, 2.24) is 15.1 Å². The summed E-state index contributed by atoms with van der Waals surface area (Å²) in [6.45, 7) is 6.60. The van der Waals surface area contributed by atoms with Gasteiger partial charge < -0.3 is 4.90 Å². The van der Waals surface area contributed by atoms with Gasteiger partial charge in [0, 0.05) is 24.6 Å². The van der Waals surface area contributed by atoms with Crippen molar-refractivity contribution in [3.63, 3.8) is 0 Å². The summed E-state index contributed by atoms with van der Waals surface area (Å²) in [6, 6.07) is 3.99. The summed E-state index contributed by atoms with van der Waals surface area (Å²) in [7, 11) is 0. The molecule has 1 N–H and O–H groups in total. The molecule has 4 heteroatoms.